The maximum Gasteiger partial charge on any atom is 0.243 e. The third-order valence-electron chi connectivity index (χ3n) is 6.19. The Kier molecular flexibility index (Phi) is 4.25. The maximum absolute atomic E-state index is 14.0. The van der Waals surface area contributed by atoms with Crippen molar-refractivity contribution in [2.75, 3.05) is 12.0 Å². The lowest BCUT2D eigenvalue weighted by molar-refractivity contribution is 0.0826. The summed E-state index contributed by atoms with van der Waals surface area (Å²) < 4.78 is 26.5. The summed E-state index contributed by atoms with van der Waals surface area (Å²) in [7, 11) is -3.41. The van der Waals surface area contributed by atoms with Crippen molar-refractivity contribution in [3.63, 3.8) is 0 Å². The highest BCUT2D eigenvalue weighted by Crippen LogP contribution is 2.49. The van der Waals surface area contributed by atoms with E-state index in [2.05, 4.69) is 0 Å². The van der Waals surface area contributed by atoms with Crippen molar-refractivity contribution >= 4 is 26.6 Å². The van der Waals surface area contributed by atoms with Gasteiger partial charge in [-0.2, -0.15) is 0 Å². The van der Waals surface area contributed by atoms with Crippen molar-refractivity contribution < 1.29 is 13.2 Å². The molecule has 5 heteroatoms. The van der Waals surface area contributed by atoms with E-state index in [9.17, 15) is 13.2 Å². The molecule has 0 aliphatic carbocycles. The smallest absolute Gasteiger partial charge is 0.243 e. The molecular formula is C26H23NO3S. The van der Waals surface area contributed by atoms with Crippen LogP contribution in [0.15, 0.2) is 72.8 Å². The lowest BCUT2D eigenvalue weighted by Gasteiger charge is -2.36. The molecule has 0 fully saturated rings. The summed E-state index contributed by atoms with van der Waals surface area (Å²) in [6.45, 7) is 3.72. The number of aromatic nitrogens is 1. The molecule has 0 saturated carbocycles. The monoisotopic (exact) mass is 429 g/mol. The van der Waals surface area contributed by atoms with Gasteiger partial charge in [-0.05, 0) is 31.0 Å². The zero-order valence-corrected chi connectivity index (χ0v) is 18.5. The Bertz CT molecular complexity index is 1470. The Morgan fingerprint density at radius 1 is 0.935 bits per heavy atom. The van der Waals surface area contributed by atoms with Crippen molar-refractivity contribution in [3.8, 4) is 22.4 Å². The van der Waals surface area contributed by atoms with Gasteiger partial charge in [0.05, 0.1) is 22.4 Å². The number of benzene rings is 3. The average Bonchev–Trinajstić information content (AvgIpc) is 3.07. The molecule has 1 aromatic heterocycles. The molecule has 0 amide bonds. The van der Waals surface area contributed by atoms with Crippen LogP contribution in [0.1, 0.15) is 22.8 Å². The van der Waals surface area contributed by atoms with E-state index in [1.807, 2.05) is 79.7 Å². The van der Waals surface area contributed by atoms with E-state index in [-0.39, 0.29) is 11.7 Å². The lowest BCUT2D eigenvalue weighted by Crippen LogP contribution is -2.45. The Balaban J connectivity index is 1.96. The Morgan fingerprint density at radius 3 is 2.32 bits per heavy atom. The van der Waals surface area contributed by atoms with Crippen LogP contribution in [0.25, 0.3) is 33.3 Å². The van der Waals surface area contributed by atoms with E-state index in [1.54, 1.807) is 11.5 Å². The Labute approximate surface area is 182 Å². The SMILES string of the molecule is Cc1ccc2c(c1)C(C)(CS(C)(=O)=O)C(=O)n1c-2c(-c2ccccc2)c2ccccc21. The van der Waals surface area contributed by atoms with Crippen molar-refractivity contribution in [1.82, 2.24) is 4.57 Å². The van der Waals surface area contributed by atoms with Gasteiger partial charge in [0.15, 0.2) is 0 Å². The fourth-order valence-electron chi connectivity index (χ4n) is 4.95. The first-order valence-electron chi connectivity index (χ1n) is 10.2. The van der Waals surface area contributed by atoms with Crippen LogP contribution in [0.2, 0.25) is 0 Å². The number of fused-ring (bicyclic) bond motifs is 5. The topological polar surface area (TPSA) is 56.1 Å². The fourth-order valence-corrected chi connectivity index (χ4v) is 6.28. The molecule has 31 heavy (non-hydrogen) atoms. The molecule has 1 aliphatic heterocycles. The summed E-state index contributed by atoms with van der Waals surface area (Å²) in [6.07, 6.45) is 1.19. The average molecular weight is 430 g/mol. The highest BCUT2D eigenvalue weighted by atomic mass is 32.2. The second-order valence-electron chi connectivity index (χ2n) is 8.70. The van der Waals surface area contributed by atoms with Crippen molar-refractivity contribution in [1.29, 1.82) is 0 Å². The number of carbonyl (C=O) groups is 1. The molecule has 4 nitrogen and oxygen atoms in total. The van der Waals surface area contributed by atoms with Crippen molar-refractivity contribution in [2.45, 2.75) is 19.3 Å². The Hall–Kier alpha value is -3.18. The summed E-state index contributed by atoms with van der Waals surface area (Å²) in [5, 5.41) is 0.979. The van der Waals surface area contributed by atoms with E-state index in [4.69, 9.17) is 0 Å². The molecule has 0 saturated heterocycles. The first-order chi connectivity index (χ1) is 14.7. The number of carbonyl (C=O) groups excluding carboxylic acids is 1. The fraction of sp³-hybridized carbons (Fsp3) is 0.192. The van der Waals surface area contributed by atoms with E-state index >= 15 is 0 Å². The van der Waals surface area contributed by atoms with Crippen LogP contribution < -0.4 is 0 Å². The van der Waals surface area contributed by atoms with Crippen molar-refractivity contribution in [2.24, 2.45) is 0 Å². The summed E-state index contributed by atoms with van der Waals surface area (Å²) in [5.41, 5.74) is 5.16. The summed E-state index contributed by atoms with van der Waals surface area (Å²) in [5.74, 6) is -0.438. The van der Waals surface area contributed by atoms with E-state index in [0.717, 1.165) is 44.4 Å². The molecule has 0 radical (unpaired) electrons. The highest BCUT2D eigenvalue weighted by Gasteiger charge is 2.46. The van der Waals surface area contributed by atoms with Crippen LogP contribution in [0.5, 0.6) is 0 Å². The quantitative estimate of drug-likeness (QED) is 0.448. The van der Waals surface area contributed by atoms with E-state index in [1.165, 1.54) is 6.26 Å². The molecule has 156 valence electrons. The highest BCUT2D eigenvalue weighted by molar-refractivity contribution is 7.90. The molecule has 0 bridgehead atoms. The minimum Gasteiger partial charge on any atom is -0.278 e. The molecule has 1 atom stereocenters. The van der Waals surface area contributed by atoms with Crippen LogP contribution in [0, 0.1) is 6.92 Å². The number of rotatable bonds is 3. The molecule has 0 spiro atoms. The van der Waals surface area contributed by atoms with Gasteiger partial charge in [-0.15, -0.1) is 0 Å². The first-order valence-corrected chi connectivity index (χ1v) is 12.3. The molecule has 3 aromatic carbocycles. The van der Waals surface area contributed by atoms with Gasteiger partial charge in [0.1, 0.15) is 9.84 Å². The number of para-hydroxylation sites is 1. The predicted octanol–water partition coefficient (Wildman–Crippen LogP) is 5.24. The van der Waals surface area contributed by atoms with Gasteiger partial charge >= 0.3 is 0 Å². The molecule has 0 N–H and O–H groups in total. The molecule has 2 heterocycles. The zero-order valence-electron chi connectivity index (χ0n) is 17.7. The number of aryl methyl sites for hydroxylation is 1. The number of hydrogen-bond acceptors (Lipinski definition) is 3. The van der Waals surface area contributed by atoms with Gasteiger partial charge in [-0.25, -0.2) is 8.42 Å². The normalized spacial score (nSPS) is 18.1. The van der Waals surface area contributed by atoms with Gasteiger partial charge in [0.2, 0.25) is 5.91 Å². The van der Waals surface area contributed by atoms with Crippen LogP contribution in [-0.4, -0.2) is 30.9 Å². The van der Waals surface area contributed by atoms with Gasteiger partial charge in [0.25, 0.3) is 0 Å². The third-order valence-corrected chi connectivity index (χ3v) is 7.29. The number of hydrogen-bond donors (Lipinski definition) is 0. The largest absolute Gasteiger partial charge is 0.278 e. The van der Waals surface area contributed by atoms with Crippen LogP contribution in [0.3, 0.4) is 0 Å². The molecule has 4 aromatic rings. The lowest BCUT2D eigenvalue weighted by atomic mass is 9.76. The predicted molar refractivity (Wildman–Crippen MR) is 125 cm³/mol. The molecule has 5 rings (SSSR count). The Morgan fingerprint density at radius 2 is 1.61 bits per heavy atom. The van der Waals surface area contributed by atoms with Gasteiger partial charge in [-0.3, -0.25) is 9.36 Å². The minimum absolute atomic E-state index is 0.204. The van der Waals surface area contributed by atoms with Crippen LogP contribution in [-0.2, 0) is 15.3 Å². The minimum atomic E-state index is -3.41. The van der Waals surface area contributed by atoms with Crippen LogP contribution >= 0.6 is 0 Å². The maximum atomic E-state index is 14.0. The standard InChI is InChI=1S/C26H23NO3S/c1-17-13-14-19-21(15-17)26(2,16-31(3,29)30)25(28)27-22-12-8-7-11-20(22)23(24(19)27)18-9-5-4-6-10-18/h4-15H,16H2,1-3H3. The summed E-state index contributed by atoms with van der Waals surface area (Å²) in [6, 6.07) is 23.9. The third kappa shape index (κ3) is 2.95. The molecule has 1 aliphatic rings. The zero-order chi connectivity index (χ0) is 22.0. The summed E-state index contributed by atoms with van der Waals surface area (Å²) >= 11 is 0. The second kappa shape index (κ2) is 6.66. The number of nitrogens with zero attached hydrogens (tertiary/aromatic N) is 1. The van der Waals surface area contributed by atoms with E-state index < -0.39 is 15.3 Å². The van der Waals surface area contributed by atoms with Gasteiger partial charge in [0, 0.05) is 22.8 Å². The summed E-state index contributed by atoms with van der Waals surface area (Å²) in [4.78, 5) is 14.0. The first kappa shape index (κ1) is 19.8. The molecular weight excluding hydrogens is 406 g/mol. The second-order valence-corrected chi connectivity index (χ2v) is 10.8. The van der Waals surface area contributed by atoms with E-state index in [0.29, 0.717) is 0 Å². The molecule has 1 unspecified atom stereocenters. The van der Waals surface area contributed by atoms with Crippen LogP contribution in [0.4, 0.5) is 0 Å². The van der Waals surface area contributed by atoms with Gasteiger partial charge in [-0.1, -0.05) is 72.3 Å². The number of sulfone groups is 1. The van der Waals surface area contributed by atoms with Gasteiger partial charge < -0.3 is 0 Å². The van der Waals surface area contributed by atoms with Crippen molar-refractivity contribution in [3.05, 3.63) is 83.9 Å².